The van der Waals surface area contributed by atoms with Crippen LogP contribution in [-0.4, -0.2) is 16.9 Å². The van der Waals surface area contributed by atoms with Gasteiger partial charge in [0.25, 0.3) is 0 Å². The molecule has 0 heterocycles. The van der Waals surface area contributed by atoms with Crippen molar-refractivity contribution in [2.75, 3.05) is 0 Å². The highest BCUT2D eigenvalue weighted by Crippen LogP contribution is 2.08. The molecule has 1 atom stereocenters. The lowest BCUT2D eigenvalue weighted by molar-refractivity contribution is -0.139. The smallest absolute Gasteiger partial charge is 0.314 e. The van der Waals surface area contributed by atoms with Gasteiger partial charge in [-0.3, -0.25) is 9.59 Å². The van der Waals surface area contributed by atoms with E-state index in [1.807, 2.05) is 0 Å². The van der Waals surface area contributed by atoms with E-state index in [-0.39, 0.29) is 5.78 Å². The third-order valence-electron chi connectivity index (χ3n) is 1.82. The Bertz CT molecular complexity index is 316. The maximum absolute atomic E-state index is 11.4. The summed E-state index contributed by atoms with van der Waals surface area (Å²) in [6, 6.07) is 8.43. The first-order valence-corrected chi connectivity index (χ1v) is 3.95. The van der Waals surface area contributed by atoms with E-state index in [1.165, 1.54) is 6.92 Å². The first-order chi connectivity index (χ1) is 6.13. The molecule has 3 nitrogen and oxygen atoms in total. The SMILES string of the molecule is C[C@H](C(=O)O)C(=O)c1ccccc1. The molecule has 13 heavy (non-hydrogen) atoms. The number of aliphatic carboxylic acids is 1. The van der Waals surface area contributed by atoms with Crippen LogP contribution < -0.4 is 0 Å². The monoisotopic (exact) mass is 178 g/mol. The van der Waals surface area contributed by atoms with Gasteiger partial charge in [-0.15, -0.1) is 0 Å². The number of hydrogen-bond acceptors (Lipinski definition) is 2. The van der Waals surface area contributed by atoms with Gasteiger partial charge in [-0.2, -0.15) is 0 Å². The van der Waals surface area contributed by atoms with Gasteiger partial charge in [-0.1, -0.05) is 30.3 Å². The van der Waals surface area contributed by atoms with Crippen molar-refractivity contribution in [2.24, 2.45) is 5.92 Å². The van der Waals surface area contributed by atoms with Crippen molar-refractivity contribution in [1.82, 2.24) is 0 Å². The largest absolute Gasteiger partial charge is 0.481 e. The highest BCUT2D eigenvalue weighted by molar-refractivity contribution is 6.07. The van der Waals surface area contributed by atoms with E-state index in [0.717, 1.165) is 0 Å². The molecule has 1 rings (SSSR count). The zero-order valence-electron chi connectivity index (χ0n) is 7.23. The topological polar surface area (TPSA) is 54.4 Å². The number of carbonyl (C=O) groups excluding carboxylic acids is 1. The van der Waals surface area contributed by atoms with E-state index < -0.39 is 11.9 Å². The van der Waals surface area contributed by atoms with Gasteiger partial charge < -0.3 is 5.11 Å². The number of ketones is 1. The Morgan fingerprint density at radius 2 is 1.77 bits per heavy atom. The summed E-state index contributed by atoms with van der Waals surface area (Å²) in [5, 5.41) is 8.59. The van der Waals surface area contributed by atoms with Crippen LogP contribution in [0.1, 0.15) is 17.3 Å². The maximum atomic E-state index is 11.4. The molecule has 0 amide bonds. The quantitative estimate of drug-likeness (QED) is 0.564. The summed E-state index contributed by atoms with van der Waals surface area (Å²) in [5.74, 6) is -2.41. The predicted octanol–water partition coefficient (Wildman–Crippen LogP) is 1.59. The number of benzene rings is 1. The van der Waals surface area contributed by atoms with Crippen molar-refractivity contribution in [3.05, 3.63) is 35.9 Å². The molecule has 0 spiro atoms. The van der Waals surface area contributed by atoms with E-state index in [0.29, 0.717) is 5.56 Å². The van der Waals surface area contributed by atoms with Gasteiger partial charge in [-0.25, -0.2) is 0 Å². The minimum atomic E-state index is -1.09. The summed E-state index contributed by atoms with van der Waals surface area (Å²) >= 11 is 0. The Labute approximate surface area is 76.0 Å². The molecule has 0 unspecified atom stereocenters. The Balaban J connectivity index is 2.86. The van der Waals surface area contributed by atoms with Gasteiger partial charge in [0.05, 0.1) is 0 Å². The Kier molecular flexibility index (Phi) is 2.80. The van der Waals surface area contributed by atoms with Crippen molar-refractivity contribution in [3.63, 3.8) is 0 Å². The van der Waals surface area contributed by atoms with Crippen molar-refractivity contribution in [2.45, 2.75) is 6.92 Å². The molecule has 0 saturated carbocycles. The van der Waals surface area contributed by atoms with Gasteiger partial charge in [0.1, 0.15) is 5.92 Å². The average Bonchev–Trinajstić information content (AvgIpc) is 2.17. The summed E-state index contributed by atoms with van der Waals surface area (Å²) in [7, 11) is 0. The van der Waals surface area contributed by atoms with Crippen LogP contribution in [0, 0.1) is 5.92 Å². The first kappa shape index (κ1) is 9.45. The molecule has 0 aliphatic carbocycles. The second-order valence-electron chi connectivity index (χ2n) is 2.79. The Morgan fingerprint density at radius 3 is 2.23 bits per heavy atom. The van der Waals surface area contributed by atoms with E-state index in [1.54, 1.807) is 30.3 Å². The molecule has 0 bridgehead atoms. The van der Waals surface area contributed by atoms with E-state index in [2.05, 4.69) is 0 Å². The van der Waals surface area contributed by atoms with Crippen molar-refractivity contribution < 1.29 is 14.7 Å². The van der Waals surface area contributed by atoms with Crippen LogP contribution in [-0.2, 0) is 4.79 Å². The van der Waals surface area contributed by atoms with Gasteiger partial charge in [-0.05, 0) is 6.92 Å². The number of rotatable bonds is 3. The molecule has 1 aromatic carbocycles. The van der Waals surface area contributed by atoms with Crippen LogP contribution in [0.2, 0.25) is 0 Å². The van der Waals surface area contributed by atoms with Crippen LogP contribution in [0.3, 0.4) is 0 Å². The number of carboxylic acids is 1. The second-order valence-corrected chi connectivity index (χ2v) is 2.79. The van der Waals surface area contributed by atoms with Gasteiger partial charge in [0, 0.05) is 5.56 Å². The lowest BCUT2D eigenvalue weighted by Crippen LogP contribution is -2.20. The lowest BCUT2D eigenvalue weighted by atomic mass is 10.00. The molecular weight excluding hydrogens is 168 g/mol. The molecule has 0 aliphatic heterocycles. The molecule has 0 aromatic heterocycles. The molecule has 68 valence electrons. The molecule has 0 aliphatic rings. The van der Waals surface area contributed by atoms with Crippen molar-refractivity contribution in [1.29, 1.82) is 0 Å². The molecule has 1 aromatic rings. The number of carbonyl (C=O) groups is 2. The van der Waals surface area contributed by atoms with Crippen LogP contribution in [0.5, 0.6) is 0 Å². The van der Waals surface area contributed by atoms with Gasteiger partial charge >= 0.3 is 5.97 Å². The van der Waals surface area contributed by atoms with Crippen LogP contribution in [0.4, 0.5) is 0 Å². The number of hydrogen-bond donors (Lipinski definition) is 1. The Morgan fingerprint density at radius 1 is 1.23 bits per heavy atom. The first-order valence-electron chi connectivity index (χ1n) is 3.95. The fourth-order valence-corrected chi connectivity index (χ4v) is 0.965. The summed E-state index contributed by atoms with van der Waals surface area (Å²) in [4.78, 5) is 21.9. The van der Waals surface area contributed by atoms with E-state index in [9.17, 15) is 9.59 Å². The van der Waals surface area contributed by atoms with Crippen molar-refractivity contribution in [3.8, 4) is 0 Å². The molecule has 1 N–H and O–H groups in total. The summed E-state index contributed by atoms with van der Waals surface area (Å²) in [6.07, 6.45) is 0. The minimum Gasteiger partial charge on any atom is -0.481 e. The summed E-state index contributed by atoms with van der Waals surface area (Å²) in [6.45, 7) is 1.39. The number of Topliss-reactive ketones (excluding diaryl/α,β-unsaturated/α-hetero) is 1. The average molecular weight is 178 g/mol. The van der Waals surface area contributed by atoms with Crippen LogP contribution >= 0.6 is 0 Å². The van der Waals surface area contributed by atoms with E-state index >= 15 is 0 Å². The fraction of sp³-hybridized carbons (Fsp3) is 0.200. The van der Waals surface area contributed by atoms with Crippen LogP contribution in [0.25, 0.3) is 0 Å². The third-order valence-corrected chi connectivity index (χ3v) is 1.82. The molecule has 0 saturated heterocycles. The van der Waals surface area contributed by atoms with E-state index in [4.69, 9.17) is 5.11 Å². The van der Waals surface area contributed by atoms with Gasteiger partial charge in [0.15, 0.2) is 5.78 Å². The molecular formula is C10H10O3. The molecule has 0 radical (unpaired) electrons. The number of carboxylic acid groups (broad SMARTS) is 1. The summed E-state index contributed by atoms with van der Waals surface area (Å²) in [5.41, 5.74) is 0.442. The zero-order valence-corrected chi connectivity index (χ0v) is 7.23. The standard InChI is InChI=1S/C10H10O3/c1-7(10(12)13)9(11)8-5-3-2-4-6-8/h2-7H,1H3,(H,12,13)/t7-/m0/s1. The third kappa shape index (κ3) is 2.15. The second kappa shape index (κ2) is 3.85. The van der Waals surface area contributed by atoms with Gasteiger partial charge in [0.2, 0.25) is 0 Å². The van der Waals surface area contributed by atoms with Crippen LogP contribution in [0.15, 0.2) is 30.3 Å². The predicted molar refractivity (Wildman–Crippen MR) is 47.6 cm³/mol. The maximum Gasteiger partial charge on any atom is 0.314 e. The molecule has 0 fully saturated rings. The zero-order chi connectivity index (χ0) is 9.84. The van der Waals surface area contributed by atoms with Crippen molar-refractivity contribution >= 4 is 11.8 Å². The lowest BCUT2D eigenvalue weighted by Gasteiger charge is -2.03. The Hall–Kier alpha value is -1.64. The highest BCUT2D eigenvalue weighted by atomic mass is 16.4. The molecule has 3 heteroatoms. The minimum absolute atomic E-state index is 0.354. The normalized spacial score (nSPS) is 12.1. The fourth-order valence-electron chi connectivity index (χ4n) is 0.965. The highest BCUT2D eigenvalue weighted by Gasteiger charge is 2.21. The summed E-state index contributed by atoms with van der Waals surface area (Å²) < 4.78 is 0.